The molecule has 0 N–H and O–H groups in total. The van der Waals surface area contributed by atoms with Crippen molar-refractivity contribution in [1.82, 2.24) is 9.55 Å². The smallest absolute Gasteiger partial charge is 0.297 e. The summed E-state index contributed by atoms with van der Waals surface area (Å²) in [4.78, 5) is 18.1. The van der Waals surface area contributed by atoms with Gasteiger partial charge in [-0.2, -0.15) is 0 Å². The van der Waals surface area contributed by atoms with E-state index in [-0.39, 0.29) is 11.8 Å². The van der Waals surface area contributed by atoms with Crippen molar-refractivity contribution < 1.29 is 9.18 Å². The molecule has 3 rings (SSSR count). The van der Waals surface area contributed by atoms with E-state index in [0.717, 1.165) is 5.56 Å². The predicted molar refractivity (Wildman–Crippen MR) is 88.3 cm³/mol. The van der Waals surface area contributed by atoms with Gasteiger partial charge in [0, 0.05) is 29.5 Å². The van der Waals surface area contributed by atoms with Crippen LogP contribution in [0.5, 0.6) is 0 Å². The first-order valence-corrected chi connectivity index (χ1v) is 7.26. The van der Waals surface area contributed by atoms with Crippen LogP contribution in [0.3, 0.4) is 0 Å². The van der Waals surface area contributed by atoms with Gasteiger partial charge >= 0.3 is 6.03 Å². The van der Waals surface area contributed by atoms with E-state index >= 15 is 0 Å². The van der Waals surface area contributed by atoms with E-state index in [1.165, 1.54) is 27.9 Å². The standard InChI is InChI=1S/C17H13ClFN3O/c1-21(15-8-6-14(19)7-9-15)17(23)22-10-16(20-11-22)12-2-4-13(18)5-3-12/h2-11H,1H3. The maximum Gasteiger partial charge on any atom is 0.333 e. The summed E-state index contributed by atoms with van der Waals surface area (Å²) >= 11 is 5.86. The zero-order chi connectivity index (χ0) is 16.4. The fraction of sp³-hybridized carbons (Fsp3) is 0.0588. The Hall–Kier alpha value is -2.66. The van der Waals surface area contributed by atoms with Crippen LogP contribution in [-0.4, -0.2) is 22.6 Å². The Morgan fingerprint density at radius 3 is 2.43 bits per heavy atom. The molecule has 116 valence electrons. The third-order valence-corrected chi connectivity index (χ3v) is 3.70. The Kier molecular flexibility index (Phi) is 4.12. The summed E-state index contributed by atoms with van der Waals surface area (Å²) in [7, 11) is 1.62. The molecule has 1 heterocycles. The van der Waals surface area contributed by atoms with E-state index in [2.05, 4.69) is 4.98 Å². The number of aromatic nitrogens is 2. The first-order chi connectivity index (χ1) is 11.0. The van der Waals surface area contributed by atoms with Crippen molar-refractivity contribution >= 4 is 23.3 Å². The normalized spacial score (nSPS) is 10.6. The average Bonchev–Trinajstić information content (AvgIpc) is 3.05. The van der Waals surface area contributed by atoms with Crippen LogP contribution < -0.4 is 4.90 Å². The second-order valence-corrected chi connectivity index (χ2v) is 5.43. The predicted octanol–water partition coefficient (Wildman–Crippen LogP) is 4.45. The average molecular weight is 330 g/mol. The molecular weight excluding hydrogens is 317 g/mol. The lowest BCUT2D eigenvalue weighted by Crippen LogP contribution is -2.30. The van der Waals surface area contributed by atoms with Gasteiger partial charge in [-0.3, -0.25) is 9.47 Å². The summed E-state index contributed by atoms with van der Waals surface area (Å²) in [5.74, 6) is -0.345. The SMILES string of the molecule is CN(C(=O)n1cnc(-c2ccc(Cl)cc2)c1)c1ccc(F)cc1. The highest BCUT2D eigenvalue weighted by molar-refractivity contribution is 6.30. The lowest BCUT2D eigenvalue weighted by molar-refractivity contribution is 0.249. The molecule has 1 amide bonds. The highest BCUT2D eigenvalue weighted by Gasteiger charge is 2.14. The molecule has 0 saturated heterocycles. The largest absolute Gasteiger partial charge is 0.333 e. The zero-order valence-corrected chi connectivity index (χ0v) is 13.0. The first-order valence-electron chi connectivity index (χ1n) is 6.88. The minimum atomic E-state index is -0.345. The molecule has 0 radical (unpaired) electrons. The lowest BCUT2D eigenvalue weighted by atomic mass is 10.2. The minimum Gasteiger partial charge on any atom is -0.297 e. The van der Waals surface area contributed by atoms with Crippen molar-refractivity contribution in [3.8, 4) is 11.3 Å². The Labute approximate surface area is 137 Å². The summed E-state index contributed by atoms with van der Waals surface area (Å²) in [5.41, 5.74) is 2.13. The summed E-state index contributed by atoms with van der Waals surface area (Å²) in [6.07, 6.45) is 3.10. The number of benzene rings is 2. The Morgan fingerprint density at radius 1 is 1.13 bits per heavy atom. The highest BCUT2D eigenvalue weighted by atomic mass is 35.5. The van der Waals surface area contributed by atoms with Crippen LogP contribution >= 0.6 is 11.6 Å². The quantitative estimate of drug-likeness (QED) is 0.696. The van der Waals surface area contributed by atoms with Crippen molar-refractivity contribution in [3.63, 3.8) is 0 Å². The minimum absolute atomic E-state index is 0.288. The van der Waals surface area contributed by atoms with E-state index < -0.39 is 0 Å². The number of carbonyl (C=O) groups excluding carboxylic acids is 1. The molecule has 3 aromatic rings. The second kappa shape index (κ2) is 6.22. The molecule has 23 heavy (non-hydrogen) atoms. The van der Waals surface area contributed by atoms with Gasteiger partial charge in [0.1, 0.15) is 12.1 Å². The van der Waals surface area contributed by atoms with Crippen molar-refractivity contribution in [3.05, 3.63) is 71.9 Å². The Balaban J connectivity index is 1.83. The number of halogens is 2. The number of anilines is 1. The Bertz CT molecular complexity index is 828. The topological polar surface area (TPSA) is 38.1 Å². The van der Waals surface area contributed by atoms with E-state index in [1.54, 1.807) is 37.5 Å². The molecule has 4 nitrogen and oxygen atoms in total. The van der Waals surface area contributed by atoms with Gasteiger partial charge in [0.25, 0.3) is 0 Å². The molecule has 0 aliphatic heterocycles. The highest BCUT2D eigenvalue weighted by Crippen LogP contribution is 2.20. The van der Waals surface area contributed by atoms with Crippen molar-refractivity contribution in [1.29, 1.82) is 0 Å². The van der Waals surface area contributed by atoms with Gasteiger partial charge in [-0.05, 0) is 36.4 Å². The summed E-state index contributed by atoms with van der Waals surface area (Å²) < 4.78 is 14.3. The van der Waals surface area contributed by atoms with Crippen molar-refractivity contribution in [2.75, 3.05) is 11.9 Å². The number of amides is 1. The lowest BCUT2D eigenvalue weighted by Gasteiger charge is -2.17. The van der Waals surface area contributed by atoms with Gasteiger partial charge in [-0.25, -0.2) is 14.2 Å². The molecule has 6 heteroatoms. The summed E-state index contributed by atoms with van der Waals surface area (Å²) in [5, 5.41) is 0.639. The van der Waals surface area contributed by atoms with E-state index in [4.69, 9.17) is 11.6 Å². The molecular formula is C17H13ClFN3O. The summed E-state index contributed by atoms with van der Waals surface area (Å²) in [6.45, 7) is 0. The molecule has 0 saturated carbocycles. The van der Waals surface area contributed by atoms with Crippen LogP contribution in [-0.2, 0) is 0 Å². The molecule has 1 aromatic heterocycles. The number of rotatable bonds is 2. The number of nitrogens with zero attached hydrogens (tertiary/aromatic N) is 3. The van der Waals surface area contributed by atoms with E-state index in [0.29, 0.717) is 16.4 Å². The summed E-state index contributed by atoms with van der Waals surface area (Å²) in [6, 6.07) is 12.6. The first kappa shape index (κ1) is 15.2. The van der Waals surface area contributed by atoms with Crippen LogP contribution in [0.15, 0.2) is 61.1 Å². The van der Waals surface area contributed by atoms with Crippen LogP contribution in [0.2, 0.25) is 5.02 Å². The molecule has 0 atom stereocenters. The zero-order valence-electron chi connectivity index (χ0n) is 12.3. The molecule has 2 aromatic carbocycles. The van der Waals surface area contributed by atoms with Gasteiger partial charge in [-0.15, -0.1) is 0 Å². The molecule has 0 aliphatic carbocycles. The van der Waals surface area contributed by atoms with E-state index in [9.17, 15) is 9.18 Å². The maximum atomic E-state index is 13.0. The van der Waals surface area contributed by atoms with Crippen LogP contribution in [0.25, 0.3) is 11.3 Å². The van der Waals surface area contributed by atoms with Crippen LogP contribution in [0.1, 0.15) is 0 Å². The third-order valence-electron chi connectivity index (χ3n) is 3.44. The fourth-order valence-electron chi connectivity index (χ4n) is 2.15. The maximum absolute atomic E-state index is 13.0. The molecule has 0 unspecified atom stereocenters. The van der Waals surface area contributed by atoms with Crippen LogP contribution in [0.4, 0.5) is 14.9 Å². The monoisotopic (exact) mass is 329 g/mol. The van der Waals surface area contributed by atoms with E-state index in [1.807, 2.05) is 12.1 Å². The molecule has 0 spiro atoms. The Morgan fingerprint density at radius 2 is 1.78 bits per heavy atom. The molecule has 0 fully saturated rings. The number of imidazole rings is 1. The molecule has 0 aliphatic rings. The van der Waals surface area contributed by atoms with Crippen LogP contribution in [0, 0.1) is 5.82 Å². The van der Waals surface area contributed by atoms with Gasteiger partial charge < -0.3 is 0 Å². The third kappa shape index (κ3) is 3.24. The van der Waals surface area contributed by atoms with Crippen molar-refractivity contribution in [2.45, 2.75) is 0 Å². The van der Waals surface area contributed by atoms with Gasteiger partial charge in [0.05, 0.1) is 5.69 Å². The molecule has 0 bridgehead atoms. The van der Waals surface area contributed by atoms with Gasteiger partial charge in [-0.1, -0.05) is 23.7 Å². The fourth-order valence-corrected chi connectivity index (χ4v) is 2.27. The van der Waals surface area contributed by atoms with Gasteiger partial charge in [0.15, 0.2) is 0 Å². The second-order valence-electron chi connectivity index (χ2n) is 4.99. The number of carbonyl (C=O) groups is 1. The van der Waals surface area contributed by atoms with Crippen molar-refractivity contribution in [2.24, 2.45) is 0 Å². The number of hydrogen-bond donors (Lipinski definition) is 0. The number of hydrogen-bond acceptors (Lipinski definition) is 2. The van der Waals surface area contributed by atoms with Gasteiger partial charge in [0.2, 0.25) is 0 Å².